The molecule has 0 amide bonds. The summed E-state index contributed by atoms with van der Waals surface area (Å²) in [4.78, 5) is 30.3. The van der Waals surface area contributed by atoms with Crippen molar-refractivity contribution in [2.24, 2.45) is 0 Å². The smallest absolute Gasteiger partial charge is 0.324 e. The second-order valence-corrected chi connectivity index (χ2v) is 6.41. The highest BCUT2D eigenvalue weighted by molar-refractivity contribution is 6.18. The number of nitro benzene ring substituents is 3. The van der Waals surface area contributed by atoms with Crippen LogP contribution in [0.1, 0.15) is 32.6 Å². The lowest BCUT2D eigenvalue weighted by Crippen LogP contribution is -2.34. The van der Waals surface area contributed by atoms with Crippen molar-refractivity contribution in [3.8, 4) is 5.75 Å². The molecule has 1 aliphatic rings. The van der Waals surface area contributed by atoms with Crippen molar-refractivity contribution in [3.05, 3.63) is 42.5 Å². The van der Waals surface area contributed by atoms with E-state index in [0.717, 1.165) is 18.5 Å². The van der Waals surface area contributed by atoms with Crippen LogP contribution in [0.3, 0.4) is 0 Å². The van der Waals surface area contributed by atoms with Gasteiger partial charge in [-0.3, -0.25) is 35.2 Å². The van der Waals surface area contributed by atoms with E-state index < -0.39 is 37.6 Å². The summed E-state index contributed by atoms with van der Waals surface area (Å²) in [6, 6.07) is 1.65. The first-order valence-electron chi connectivity index (χ1n) is 8.29. The number of nitrogens with zero attached hydrogens (tertiary/aromatic N) is 4. The van der Waals surface area contributed by atoms with E-state index in [-0.39, 0.29) is 0 Å². The molecule has 11 nitrogen and oxygen atoms in total. The maximum Gasteiger partial charge on any atom is 0.324 e. The van der Waals surface area contributed by atoms with Gasteiger partial charge in [0.15, 0.2) is 0 Å². The van der Waals surface area contributed by atoms with Crippen LogP contribution in [0.15, 0.2) is 12.1 Å². The zero-order valence-electron chi connectivity index (χ0n) is 14.7. The Morgan fingerprint density at radius 3 is 2.07 bits per heavy atom. The molecule has 0 aliphatic carbocycles. The standard InChI is InChI=1S/C9H18ClN.C6H3N3O7/c1-9-5-3-2-4-7-11(9)8-6-10;10-6-4(8(13)14)1-3(7(11)12)2-5(6)9(15)16/h9H,2-8H2,1H3;1-2,10H. The SMILES string of the molecule is CC1CCCCCN1CCCl.O=[N+]([O-])c1cc([N+](=O)[O-])c(O)c([N+](=O)[O-])c1. The molecular weight excluding hydrogens is 384 g/mol. The Labute approximate surface area is 160 Å². The quantitative estimate of drug-likeness (QED) is 0.443. The maximum absolute atomic E-state index is 10.4. The van der Waals surface area contributed by atoms with Gasteiger partial charge in [0.05, 0.1) is 26.9 Å². The van der Waals surface area contributed by atoms with E-state index >= 15 is 0 Å². The van der Waals surface area contributed by atoms with E-state index in [4.69, 9.17) is 16.7 Å². The van der Waals surface area contributed by atoms with Crippen molar-refractivity contribution in [3.63, 3.8) is 0 Å². The van der Waals surface area contributed by atoms with Gasteiger partial charge in [-0.15, -0.1) is 11.6 Å². The van der Waals surface area contributed by atoms with E-state index in [2.05, 4.69) is 11.8 Å². The molecule has 1 heterocycles. The van der Waals surface area contributed by atoms with Crippen LogP contribution in [-0.4, -0.2) is 49.8 Å². The van der Waals surface area contributed by atoms with Gasteiger partial charge in [0.2, 0.25) is 0 Å². The predicted octanol–water partition coefficient (Wildman–Crippen LogP) is 3.61. The number of benzene rings is 1. The molecule has 0 spiro atoms. The molecule has 0 radical (unpaired) electrons. The highest BCUT2D eigenvalue weighted by atomic mass is 35.5. The Hall–Kier alpha value is -2.53. The first-order valence-corrected chi connectivity index (χ1v) is 8.82. The van der Waals surface area contributed by atoms with Crippen molar-refractivity contribution in [2.45, 2.75) is 38.6 Å². The Bertz CT molecular complexity index is 666. The third kappa shape index (κ3) is 6.61. The van der Waals surface area contributed by atoms with Crippen molar-refractivity contribution >= 4 is 28.7 Å². The van der Waals surface area contributed by atoms with Crippen molar-refractivity contribution < 1.29 is 19.9 Å². The molecule has 150 valence electrons. The molecule has 1 atom stereocenters. The number of phenols is 1. The molecule has 1 unspecified atom stereocenters. The summed E-state index contributed by atoms with van der Waals surface area (Å²) in [5.41, 5.74) is -3.00. The lowest BCUT2D eigenvalue weighted by atomic mass is 10.1. The minimum absolute atomic E-state index is 0.447. The molecule has 0 bridgehead atoms. The van der Waals surface area contributed by atoms with Crippen LogP contribution in [-0.2, 0) is 0 Å². The summed E-state index contributed by atoms with van der Waals surface area (Å²) in [7, 11) is 0. The second kappa shape index (κ2) is 10.6. The summed E-state index contributed by atoms with van der Waals surface area (Å²) in [6.45, 7) is 4.65. The Morgan fingerprint density at radius 1 is 1.07 bits per heavy atom. The lowest BCUT2D eigenvalue weighted by molar-refractivity contribution is -0.404. The molecule has 12 heteroatoms. The Morgan fingerprint density at radius 2 is 1.63 bits per heavy atom. The second-order valence-electron chi connectivity index (χ2n) is 6.03. The zero-order chi connectivity index (χ0) is 20.6. The number of nitro groups is 3. The predicted molar refractivity (Wildman–Crippen MR) is 98.3 cm³/mol. The minimum atomic E-state index is -1.21. The molecule has 1 saturated heterocycles. The van der Waals surface area contributed by atoms with E-state index in [9.17, 15) is 30.3 Å². The number of aromatic hydroxyl groups is 1. The Kier molecular flexibility index (Phi) is 8.82. The average molecular weight is 405 g/mol. The van der Waals surface area contributed by atoms with E-state index in [1.807, 2.05) is 0 Å². The average Bonchev–Trinajstić information content (AvgIpc) is 2.80. The van der Waals surface area contributed by atoms with E-state index in [1.54, 1.807) is 0 Å². The molecule has 1 aromatic rings. The first-order chi connectivity index (χ1) is 12.7. The zero-order valence-corrected chi connectivity index (χ0v) is 15.5. The summed E-state index contributed by atoms with van der Waals surface area (Å²) in [5, 5.41) is 40.2. The normalized spacial score (nSPS) is 17.3. The number of likely N-dealkylation sites (tertiary alicyclic amines) is 1. The van der Waals surface area contributed by atoms with Crippen molar-refractivity contribution in [2.75, 3.05) is 19.0 Å². The number of phenolic OH excluding ortho intramolecular Hbond substituents is 1. The fourth-order valence-corrected chi connectivity index (χ4v) is 2.97. The van der Waals surface area contributed by atoms with Gasteiger partial charge in [-0.1, -0.05) is 12.8 Å². The van der Waals surface area contributed by atoms with Crippen LogP contribution in [0.2, 0.25) is 0 Å². The number of hydrogen-bond donors (Lipinski definition) is 1. The summed E-state index contributed by atoms with van der Waals surface area (Å²) in [6.07, 6.45) is 5.53. The fourth-order valence-electron chi connectivity index (χ4n) is 2.75. The number of halogens is 1. The van der Waals surface area contributed by atoms with Crippen LogP contribution < -0.4 is 0 Å². The maximum atomic E-state index is 10.4. The van der Waals surface area contributed by atoms with Crippen LogP contribution in [0, 0.1) is 30.3 Å². The van der Waals surface area contributed by atoms with Gasteiger partial charge in [-0.2, -0.15) is 0 Å². The minimum Gasteiger partial charge on any atom is -0.497 e. The summed E-state index contributed by atoms with van der Waals surface area (Å²) < 4.78 is 0. The van der Waals surface area contributed by atoms with Gasteiger partial charge in [0.1, 0.15) is 0 Å². The molecule has 1 aromatic carbocycles. The van der Waals surface area contributed by atoms with Crippen LogP contribution in [0.5, 0.6) is 5.75 Å². The largest absolute Gasteiger partial charge is 0.497 e. The molecular formula is C15H21ClN4O7. The highest BCUT2D eigenvalue weighted by Gasteiger charge is 2.30. The summed E-state index contributed by atoms with van der Waals surface area (Å²) >= 11 is 5.71. The van der Waals surface area contributed by atoms with Crippen molar-refractivity contribution in [1.29, 1.82) is 0 Å². The van der Waals surface area contributed by atoms with Crippen LogP contribution in [0.4, 0.5) is 17.1 Å². The van der Waals surface area contributed by atoms with Gasteiger partial charge in [0, 0.05) is 18.5 Å². The third-order valence-electron chi connectivity index (χ3n) is 4.22. The fraction of sp³-hybridized carbons (Fsp3) is 0.600. The van der Waals surface area contributed by atoms with Crippen LogP contribution in [0.25, 0.3) is 0 Å². The Balaban J connectivity index is 0.000000289. The molecule has 27 heavy (non-hydrogen) atoms. The van der Waals surface area contributed by atoms with Gasteiger partial charge >= 0.3 is 11.4 Å². The number of hydrogen-bond acceptors (Lipinski definition) is 8. The van der Waals surface area contributed by atoms with Gasteiger partial charge < -0.3 is 5.11 Å². The molecule has 1 aliphatic heterocycles. The van der Waals surface area contributed by atoms with Gasteiger partial charge in [-0.25, -0.2) is 0 Å². The van der Waals surface area contributed by atoms with Gasteiger partial charge in [0.25, 0.3) is 11.4 Å². The van der Waals surface area contributed by atoms with E-state index in [0.29, 0.717) is 12.1 Å². The molecule has 0 aromatic heterocycles. The highest BCUT2D eigenvalue weighted by Crippen LogP contribution is 2.38. The monoisotopic (exact) mass is 404 g/mol. The topological polar surface area (TPSA) is 153 Å². The lowest BCUT2D eigenvalue weighted by Gasteiger charge is -2.25. The molecule has 1 N–H and O–H groups in total. The van der Waals surface area contributed by atoms with Gasteiger partial charge in [-0.05, 0) is 26.3 Å². The molecule has 2 rings (SSSR count). The van der Waals surface area contributed by atoms with Crippen molar-refractivity contribution in [1.82, 2.24) is 4.90 Å². The number of rotatable bonds is 5. The number of non-ortho nitro benzene ring substituents is 1. The van der Waals surface area contributed by atoms with E-state index in [1.165, 1.54) is 32.2 Å². The molecule has 0 saturated carbocycles. The molecule has 1 fully saturated rings. The van der Waals surface area contributed by atoms with Crippen LogP contribution >= 0.6 is 11.6 Å². The third-order valence-corrected chi connectivity index (χ3v) is 4.39. The summed E-state index contributed by atoms with van der Waals surface area (Å²) in [5.74, 6) is -0.426. The number of alkyl halides is 1. The first kappa shape index (κ1) is 22.5.